The molecule has 4 unspecified atom stereocenters. The molecule has 2 aliphatic carbocycles. The standard InChI is InChI=1S/C18H16Br4O6/c19-13-5-1-3-11(17(13,21)25)9-27-15(23)7-8-16(24)28-10-12-4-2-6-14(20)18(12,22)26/h1-8,11-12,25-26H,9-10H2/b8-7+. The van der Waals surface area contributed by atoms with Gasteiger partial charge in [0.2, 0.25) is 0 Å². The molecule has 6 nitrogen and oxygen atoms in total. The van der Waals surface area contributed by atoms with E-state index in [0.717, 1.165) is 12.2 Å². The van der Waals surface area contributed by atoms with Crippen LogP contribution in [0.1, 0.15) is 0 Å². The first kappa shape index (κ1) is 23.8. The fourth-order valence-electron chi connectivity index (χ4n) is 2.30. The number of allylic oxidation sites excluding steroid dienone is 4. The number of aliphatic hydroxyl groups is 2. The van der Waals surface area contributed by atoms with Gasteiger partial charge in [0.25, 0.3) is 0 Å². The van der Waals surface area contributed by atoms with Crippen molar-refractivity contribution >= 4 is 75.7 Å². The Morgan fingerprint density at radius 3 is 1.61 bits per heavy atom. The Labute approximate surface area is 195 Å². The zero-order chi connectivity index (χ0) is 20.9. The minimum absolute atomic E-state index is 0.0940. The number of carbonyl (C=O) groups is 2. The summed E-state index contributed by atoms with van der Waals surface area (Å²) in [6.07, 6.45) is 12.1. The van der Waals surface area contributed by atoms with E-state index in [9.17, 15) is 19.8 Å². The molecule has 0 saturated heterocycles. The van der Waals surface area contributed by atoms with Gasteiger partial charge in [-0.1, -0.05) is 56.2 Å². The van der Waals surface area contributed by atoms with Crippen molar-refractivity contribution in [3.63, 3.8) is 0 Å². The summed E-state index contributed by atoms with van der Waals surface area (Å²) < 4.78 is 8.40. The van der Waals surface area contributed by atoms with Crippen LogP contribution in [0.15, 0.2) is 57.6 Å². The van der Waals surface area contributed by atoms with Gasteiger partial charge in [0, 0.05) is 21.1 Å². The summed E-state index contributed by atoms with van der Waals surface area (Å²) in [5.74, 6) is -2.51. The average Bonchev–Trinajstić information content (AvgIpc) is 2.62. The zero-order valence-electron chi connectivity index (χ0n) is 14.2. The number of carbonyl (C=O) groups excluding carboxylic acids is 2. The van der Waals surface area contributed by atoms with Gasteiger partial charge in [-0.2, -0.15) is 0 Å². The van der Waals surface area contributed by atoms with Gasteiger partial charge in [0.05, 0.1) is 11.8 Å². The normalized spacial score (nSPS) is 32.1. The number of esters is 2. The second-order valence-corrected chi connectivity index (χ2v) is 10.1. The van der Waals surface area contributed by atoms with E-state index in [-0.39, 0.29) is 13.2 Å². The van der Waals surface area contributed by atoms with E-state index in [4.69, 9.17) is 9.47 Å². The molecule has 28 heavy (non-hydrogen) atoms. The molecule has 0 bridgehead atoms. The summed E-state index contributed by atoms with van der Waals surface area (Å²) >= 11 is 12.8. The Hall–Kier alpha value is -0.520. The van der Waals surface area contributed by atoms with E-state index in [1.165, 1.54) is 0 Å². The molecule has 0 spiro atoms. The summed E-state index contributed by atoms with van der Waals surface area (Å²) in [7, 11) is 0. The smallest absolute Gasteiger partial charge is 0.331 e. The van der Waals surface area contributed by atoms with E-state index < -0.39 is 32.8 Å². The van der Waals surface area contributed by atoms with Crippen LogP contribution in [0.4, 0.5) is 0 Å². The van der Waals surface area contributed by atoms with Crippen molar-refractivity contribution in [2.24, 2.45) is 11.8 Å². The van der Waals surface area contributed by atoms with Crippen molar-refractivity contribution in [2.45, 2.75) is 9.02 Å². The van der Waals surface area contributed by atoms with Gasteiger partial charge in [-0.05, 0) is 44.0 Å². The highest BCUT2D eigenvalue weighted by Crippen LogP contribution is 2.40. The van der Waals surface area contributed by atoms with Crippen LogP contribution in [0.2, 0.25) is 0 Å². The molecule has 4 atom stereocenters. The van der Waals surface area contributed by atoms with Crippen LogP contribution in [0.5, 0.6) is 0 Å². The minimum atomic E-state index is -1.37. The molecule has 0 aromatic heterocycles. The predicted octanol–water partition coefficient (Wildman–Crippen LogP) is 3.73. The second kappa shape index (κ2) is 9.99. The molecule has 0 saturated carbocycles. The van der Waals surface area contributed by atoms with E-state index >= 15 is 0 Å². The molecule has 0 radical (unpaired) electrons. The van der Waals surface area contributed by atoms with Crippen LogP contribution < -0.4 is 0 Å². The topological polar surface area (TPSA) is 93.1 Å². The highest BCUT2D eigenvalue weighted by atomic mass is 79.9. The van der Waals surface area contributed by atoms with E-state index in [0.29, 0.717) is 8.96 Å². The van der Waals surface area contributed by atoms with Crippen LogP contribution >= 0.6 is 63.7 Å². The number of ether oxygens (including phenoxy) is 2. The first-order chi connectivity index (χ1) is 13.0. The highest BCUT2D eigenvalue weighted by Gasteiger charge is 2.38. The lowest BCUT2D eigenvalue weighted by molar-refractivity contribution is -0.142. The molecular formula is C18H16Br4O6. The maximum absolute atomic E-state index is 11.8. The highest BCUT2D eigenvalue weighted by molar-refractivity contribution is 9.14. The number of alkyl halides is 2. The van der Waals surface area contributed by atoms with Gasteiger partial charge in [0.15, 0.2) is 9.02 Å². The molecular weight excluding hydrogens is 632 g/mol. The van der Waals surface area contributed by atoms with Gasteiger partial charge in [-0.15, -0.1) is 0 Å². The fourth-order valence-corrected chi connectivity index (χ4v) is 4.03. The number of hydrogen-bond acceptors (Lipinski definition) is 6. The summed E-state index contributed by atoms with van der Waals surface area (Å²) in [5.41, 5.74) is 0. The summed E-state index contributed by atoms with van der Waals surface area (Å²) in [6, 6.07) is 0. The summed E-state index contributed by atoms with van der Waals surface area (Å²) in [5, 5.41) is 20.6. The number of rotatable bonds is 6. The van der Waals surface area contributed by atoms with E-state index in [2.05, 4.69) is 63.7 Å². The van der Waals surface area contributed by atoms with Crippen LogP contribution in [-0.2, 0) is 19.1 Å². The Morgan fingerprint density at radius 2 is 1.25 bits per heavy atom. The minimum Gasteiger partial charge on any atom is -0.462 e. The van der Waals surface area contributed by atoms with Gasteiger partial charge < -0.3 is 19.7 Å². The van der Waals surface area contributed by atoms with Crippen LogP contribution in [-0.4, -0.2) is 44.4 Å². The molecule has 2 rings (SSSR count). The molecule has 0 amide bonds. The average molecular weight is 648 g/mol. The third kappa shape index (κ3) is 5.99. The summed E-state index contributed by atoms with van der Waals surface area (Å²) in [4.78, 5) is 23.6. The molecule has 2 N–H and O–H groups in total. The third-order valence-corrected chi connectivity index (χ3v) is 8.82. The van der Waals surface area contributed by atoms with Crippen molar-refractivity contribution in [3.8, 4) is 0 Å². The molecule has 0 aromatic rings. The van der Waals surface area contributed by atoms with Gasteiger partial charge in [-0.25, -0.2) is 9.59 Å². The lowest BCUT2D eigenvalue weighted by atomic mass is 9.98. The molecule has 2 aliphatic rings. The van der Waals surface area contributed by atoms with Crippen LogP contribution in [0.3, 0.4) is 0 Å². The Morgan fingerprint density at radius 1 is 0.893 bits per heavy atom. The SMILES string of the molecule is O=C(/C=C/C(=O)OCC1C=CC=C(Br)C1(O)Br)OCC1C=CC=C(Br)C1(O)Br. The van der Waals surface area contributed by atoms with Crippen molar-refractivity contribution in [1.82, 2.24) is 0 Å². The molecule has 0 aromatic carbocycles. The fraction of sp³-hybridized carbons (Fsp3) is 0.333. The maximum atomic E-state index is 11.8. The van der Waals surface area contributed by atoms with E-state index in [1.54, 1.807) is 36.5 Å². The van der Waals surface area contributed by atoms with Crippen LogP contribution in [0.25, 0.3) is 0 Å². The second-order valence-electron chi connectivity index (χ2n) is 5.95. The predicted molar refractivity (Wildman–Crippen MR) is 118 cm³/mol. The lowest BCUT2D eigenvalue weighted by Gasteiger charge is -2.30. The Bertz CT molecular complexity index is 715. The lowest BCUT2D eigenvalue weighted by Crippen LogP contribution is -2.35. The zero-order valence-corrected chi connectivity index (χ0v) is 20.6. The third-order valence-electron chi connectivity index (χ3n) is 3.99. The van der Waals surface area contributed by atoms with Crippen molar-refractivity contribution in [2.75, 3.05) is 13.2 Å². The largest absolute Gasteiger partial charge is 0.462 e. The van der Waals surface area contributed by atoms with Gasteiger partial charge >= 0.3 is 11.9 Å². The molecule has 0 aliphatic heterocycles. The van der Waals surface area contributed by atoms with Crippen LogP contribution in [0, 0.1) is 11.8 Å². The molecule has 152 valence electrons. The quantitative estimate of drug-likeness (QED) is 0.260. The Balaban J connectivity index is 1.79. The summed E-state index contributed by atoms with van der Waals surface area (Å²) in [6.45, 7) is -0.188. The van der Waals surface area contributed by atoms with Crippen molar-refractivity contribution in [3.05, 3.63) is 57.6 Å². The first-order valence-corrected chi connectivity index (χ1v) is 11.2. The van der Waals surface area contributed by atoms with Gasteiger partial charge in [-0.3, -0.25) is 0 Å². The first-order valence-electron chi connectivity index (χ1n) is 7.98. The molecule has 0 heterocycles. The number of halogens is 4. The Kier molecular flexibility index (Phi) is 8.48. The van der Waals surface area contributed by atoms with Crippen molar-refractivity contribution in [1.29, 1.82) is 0 Å². The van der Waals surface area contributed by atoms with Gasteiger partial charge in [0.1, 0.15) is 13.2 Å². The van der Waals surface area contributed by atoms with E-state index in [1.807, 2.05) is 0 Å². The maximum Gasteiger partial charge on any atom is 0.331 e. The van der Waals surface area contributed by atoms with Crippen molar-refractivity contribution < 1.29 is 29.3 Å². The number of hydrogen-bond donors (Lipinski definition) is 2. The molecule has 10 heteroatoms. The molecule has 0 fully saturated rings. The monoisotopic (exact) mass is 644 g/mol.